The van der Waals surface area contributed by atoms with E-state index < -0.39 is 6.10 Å². The molecular weight excluding hydrogens is 240 g/mol. The van der Waals surface area contributed by atoms with Gasteiger partial charge in [-0.3, -0.25) is 4.90 Å². The van der Waals surface area contributed by atoms with Crippen LogP contribution in [0.5, 0.6) is 5.75 Å². The first-order valence-electron chi connectivity index (χ1n) is 7.08. The van der Waals surface area contributed by atoms with Gasteiger partial charge in [0.05, 0.1) is 18.8 Å². The van der Waals surface area contributed by atoms with Crippen molar-refractivity contribution in [2.24, 2.45) is 0 Å². The van der Waals surface area contributed by atoms with E-state index in [1.807, 2.05) is 32.0 Å². The highest BCUT2D eigenvalue weighted by Crippen LogP contribution is 2.32. The molecule has 2 rings (SSSR count). The lowest BCUT2D eigenvalue weighted by Crippen LogP contribution is -2.47. The summed E-state index contributed by atoms with van der Waals surface area (Å²) in [4.78, 5) is 2.33. The molecule has 2 atom stereocenters. The van der Waals surface area contributed by atoms with Crippen LogP contribution in [0.3, 0.4) is 0 Å². The van der Waals surface area contributed by atoms with Crippen LogP contribution in [0.1, 0.15) is 25.5 Å². The van der Waals surface area contributed by atoms with Gasteiger partial charge in [0, 0.05) is 31.7 Å². The van der Waals surface area contributed by atoms with Crippen LogP contribution in [0.4, 0.5) is 0 Å². The van der Waals surface area contributed by atoms with E-state index >= 15 is 0 Å². The van der Waals surface area contributed by atoms with Gasteiger partial charge in [-0.2, -0.15) is 0 Å². The molecule has 1 aromatic carbocycles. The fourth-order valence-corrected chi connectivity index (χ4v) is 2.73. The van der Waals surface area contributed by atoms with E-state index in [0.29, 0.717) is 6.61 Å². The summed E-state index contributed by atoms with van der Waals surface area (Å²) >= 11 is 0. The summed E-state index contributed by atoms with van der Waals surface area (Å²) in [6.07, 6.45) is -0.417. The summed E-state index contributed by atoms with van der Waals surface area (Å²) in [7, 11) is 0. The Morgan fingerprint density at radius 3 is 2.63 bits per heavy atom. The van der Waals surface area contributed by atoms with Crippen LogP contribution in [-0.2, 0) is 0 Å². The van der Waals surface area contributed by atoms with E-state index in [9.17, 15) is 5.11 Å². The molecule has 0 radical (unpaired) electrons. The Morgan fingerprint density at radius 2 is 2.00 bits per heavy atom. The molecule has 0 aliphatic carbocycles. The Labute approximate surface area is 115 Å². The van der Waals surface area contributed by atoms with Crippen molar-refractivity contribution < 1.29 is 9.84 Å². The molecule has 1 aliphatic rings. The minimum atomic E-state index is -0.417. The number of nitrogens with one attached hydrogen (secondary N) is 1. The Balaban J connectivity index is 2.27. The third-order valence-electron chi connectivity index (χ3n) is 3.54. The second-order valence-electron chi connectivity index (χ2n) is 4.94. The summed E-state index contributed by atoms with van der Waals surface area (Å²) in [6.45, 7) is 8.34. The van der Waals surface area contributed by atoms with Crippen LogP contribution >= 0.6 is 0 Å². The quantitative estimate of drug-likeness (QED) is 0.844. The summed E-state index contributed by atoms with van der Waals surface area (Å²) in [5.74, 6) is 0.884. The van der Waals surface area contributed by atoms with Crippen molar-refractivity contribution in [2.45, 2.75) is 26.0 Å². The highest BCUT2D eigenvalue weighted by atomic mass is 16.5. The maximum atomic E-state index is 10.2. The minimum absolute atomic E-state index is 0.00449. The van der Waals surface area contributed by atoms with Crippen LogP contribution in [0.25, 0.3) is 0 Å². The lowest BCUT2D eigenvalue weighted by atomic mass is 9.98. The summed E-state index contributed by atoms with van der Waals surface area (Å²) in [5.41, 5.74) is 1.08. The molecule has 2 N–H and O–H groups in total. The number of piperazine rings is 1. The van der Waals surface area contributed by atoms with E-state index in [-0.39, 0.29) is 6.04 Å². The zero-order valence-electron chi connectivity index (χ0n) is 11.8. The third kappa shape index (κ3) is 3.47. The van der Waals surface area contributed by atoms with Crippen molar-refractivity contribution in [1.29, 1.82) is 0 Å². The highest BCUT2D eigenvalue weighted by molar-refractivity contribution is 5.36. The van der Waals surface area contributed by atoms with Crippen LogP contribution < -0.4 is 10.1 Å². The van der Waals surface area contributed by atoms with Crippen molar-refractivity contribution in [3.8, 4) is 5.75 Å². The zero-order valence-corrected chi connectivity index (χ0v) is 11.8. The van der Waals surface area contributed by atoms with Gasteiger partial charge < -0.3 is 15.2 Å². The minimum Gasteiger partial charge on any atom is -0.494 e. The maximum absolute atomic E-state index is 10.2. The molecule has 0 bridgehead atoms. The van der Waals surface area contributed by atoms with Gasteiger partial charge in [-0.15, -0.1) is 0 Å². The lowest BCUT2D eigenvalue weighted by Gasteiger charge is -2.37. The van der Waals surface area contributed by atoms with Crippen LogP contribution in [0.15, 0.2) is 24.3 Å². The fourth-order valence-electron chi connectivity index (χ4n) is 2.73. The van der Waals surface area contributed by atoms with Gasteiger partial charge >= 0.3 is 0 Å². The number of hydrogen-bond donors (Lipinski definition) is 2. The number of benzene rings is 1. The predicted octanol–water partition coefficient (Wildman–Crippen LogP) is 1.41. The van der Waals surface area contributed by atoms with Crippen LogP contribution in [0, 0.1) is 0 Å². The van der Waals surface area contributed by atoms with E-state index in [4.69, 9.17) is 4.74 Å². The smallest absolute Gasteiger partial charge is 0.124 e. The molecule has 106 valence electrons. The molecule has 2 unspecified atom stereocenters. The summed E-state index contributed by atoms with van der Waals surface area (Å²) in [6, 6.07) is 8.03. The predicted molar refractivity (Wildman–Crippen MR) is 76.5 cm³/mol. The molecule has 4 nitrogen and oxygen atoms in total. The first-order chi connectivity index (χ1) is 9.24. The molecule has 0 spiro atoms. The van der Waals surface area contributed by atoms with Crippen molar-refractivity contribution >= 4 is 0 Å². The van der Waals surface area contributed by atoms with E-state index in [0.717, 1.165) is 37.5 Å². The van der Waals surface area contributed by atoms with Crippen molar-refractivity contribution in [1.82, 2.24) is 10.2 Å². The number of para-hydroxylation sites is 1. The number of aliphatic hydroxyl groups excluding tert-OH is 1. The van der Waals surface area contributed by atoms with Crippen LogP contribution in [-0.4, -0.2) is 48.9 Å². The monoisotopic (exact) mass is 264 g/mol. The Kier molecular flexibility index (Phi) is 5.19. The number of hydrogen-bond acceptors (Lipinski definition) is 4. The Hall–Kier alpha value is -1.10. The zero-order chi connectivity index (χ0) is 13.7. The second-order valence-corrected chi connectivity index (χ2v) is 4.94. The molecule has 0 amide bonds. The fraction of sp³-hybridized carbons (Fsp3) is 0.600. The van der Waals surface area contributed by atoms with E-state index in [1.54, 1.807) is 0 Å². The standard InChI is InChI=1S/C15H24N2O2/c1-3-19-14-7-5-4-6-13(14)15(12(2)18)17-10-8-16-9-11-17/h4-7,12,15-16,18H,3,8-11H2,1-2H3. The van der Waals surface area contributed by atoms with Gasteiger partial charge in [0.2, 0.25) is 0 Å². The average Bonchev–Trinajstić information content (AvgIpc) is 2.42. The summed E-state index contributed by atoms with van der Waals surface area (Å²) < 4.78 is 5.71. The largest absolute Gasteiger partial charge is 0.494 e. The topological polar surface area (TPSA) is 44.7 Å². The van der Waals surface area contributed by atoms with Crippen LogP contribution in [0.2, 0.25) is 0 Å². The van der Waals surface area contributed by atoms with Gasteiger partial charge in [0.1, 0.15) is 5.75 Å². The first kappa shape index (κ1) is 14.3. The summed E-state index contributed by atoms with van der Waals surface area (Å²) in [5, 5.41) is 13.5. The Morgan fingerprint density at radius 1 is 1.32 bits per heavy atom. The van der Waals surface area contributed by atoms with Crippen molar-refractivity contribution in [3.05, 3.63) is 29.8 Å². The highest BCUT2D eigenvalue weighted by Gasteiger charge is 2.28. The molecule has 0 aromatic heterocycles. The molecule has 1 fully saturated rings. The van der Waals surface area contributed by atoms with Crippen molar-refractivity contribution in [3.63, 3.8) is 0 Å². The molecular formula is C15H24N2O2. The van der Waals surface area contributed by atoms with Gasteiger partial charge in [0.15, 0.2) is 0 Å². The van der Waals surface area contributed by atoms with Gasteiger partial charge in [-0.1, -0.05) is 18.2 Å². The van der Waals surface area contributed by atoms with Gasteiger partial charge in [-0.25, -0.2) is 0 Å². The SMILES string of the molecule is CCOc1ccccc1C(C(C)O)N1CCNCC1. The van der Waals surface area contributed by atoms with Crippen molar-refractivity contribution in [2.75, 3.05) is 32.8 Å². The van der Waals surface area contributed by atoms with Gasteiger partial charge in [-0.05, 0) is 19.9 Å². The molecule has 1 aromatic rings. The molecule has 4 heteroatoms. The number of aliphatic hydroxyl groups is 1. The number of ether oxygens (including phenoxy) is 1. The number of rotatable bonds is 5. The first-order valence-corrected chi connectivity index (χ1v) is 7.08. The number of nitrogens with zero attached hydrogens (tertiary/aromatic N) is 1. The molecule has 19 heavy (non-hydrogen) atoms. The van der Waals surface area contributed by atoms with E-state index in [1.165, 1.54) is 0 Å². The third-order valence-corrected chi connectivity index (χ3v) is 3.54. The molecule has 1 aliphatic heterocycles. The Bertz CT molecular complexity index is 389. The maximum Gasteiger partial charge on any atom is 0.124 e. The molecule has 1 heterocycles. The van der Waals surface area contributed by atoms with Gasteiger partial charge in [0.25, 0.3) is 0 Å². The van der Waals surface area contributed by atoms with E-state index in [2.05, 4.69) is 16.3 Å². The molecule has 1 saturated heterocycles. The molecule has 0 saturated carbocycles. The normalized spacial score (nSPS) is 19.9. The second kappa shape index (κ2) is 6.89. The average molecular weight is 264 g/mol. The lowest BCUT2D eigenvalue weighted by molar-refractivity contribution is 0.0508.